The summed E-state index contributed by atoms with van der Waals surface area (Å²) in [6.07, 6.45) is 2.86. The van der Waals surface area contributed by atoms with Crippen LogP contribution in [0.2, 0.25) is 0 Å². The largest absolute Gasteiger partial charge is 0.481 e. The molecule has 1 aliphatic rings. The Morgan fingerprint density at radius 3 is 2.52 bits per heavy atom. The van der Waals surface area contributed by atoms with E-state index in [2.05, 4.69) is 4.98 Å². The van der Waals surface area contributed by atoms with Crippen molar-refractivity contribution < 1.29 is 23.1 Å². The first-order valence-corrected chi connectivity index (χ1v) is 9.87. The number of pyridine rings is 1. The highest BCUT2D eigenvalue weighted by atomic mass is 32.2. The summed E-state index contributed by atoms with van der Waals surface area (Å²) >= 11 is 0. The van der Waals surface area contributed by atoms with Gasteiger partial charge in [-0.05, 0) is 25.0 Å². The van der Waals surface area contributed by atoms with Crippen molar-refractivity contribution in [1.82, 2.24) is 14.2 Å². The fourth-order valence-corrected chi connectivity index (χ4v) is 4.20. The van der Waals surface area contributed by atoms with Crippen LogP contribution in [-0.2, 0) is 26.2 Å². The summed E-state index contributed by atoms with van der Waals surface area (Å²) in [6, 6.07) is 5.27. The third-order valence-corrected chi connectivity index (χ3v) is 5.91. The van der Waals surface area contributed by atoms with Gasteiger partial charge >= 0.3 is 5.97 Å². The van der Waals surface area contributed by atoms with Gasteiger partial charge in [-0.25, -0.2) is 12.7 Å². The van der Waals surface area contributed by atoms with Crippen molar-refractivity contribution in [2.75, 3.05) is 25.4 Å². The van der Waals surface area contributed by atoms with Crippen molar-refractivity contribution >= 4 is 21.9 Å². The molecule has 9 heteroatoms. The van der Waals surface area contributed by atoms with Gasteiger partial charge in [-0.3, -0.25) is 14.6 Å². The van der Waals surface area contributed by atoms with Crippen molar-refractivity contribution in [3.63, 3.8) is 0 Å². The topological polar surface area (TPSA) is 108 Å². The quantitative estimate of drug-likeness (QED) is 0.686. The standard InChI is InChI=1S/C16H23N3O5S/c20-15(6-7-16(21)22)18(13-14-5-1-2-8-17-14)11-12-25(23,24)19-9-3-4-10-19/h1-2,5,8H,3-4,6-7,9-13H2,(H,21,22). The average molecular weight is 369 g/mol. The van der Waals surface area contributed by atoms with E-state index in [0.717, 1.165) is 12.8 Å². The van der Waals surface area contributed by atoms with Gasteiger partial charge in [-0.1, -0.05) is 6.07 Å². The SMILES string of the molecule is O=C(O)CCC(=O)N(CCS(=O)(=O)N1CCCC1)Cc1ccccn1. The number of rotatable bonds is 9. The van der Waals surface area contributed by atoms with E-state index < -0.39 is 16.0 Å². The maximum Gasteiger partial charge on any atom is 0.303 e. The highest BCUT2D eigenvalue weighted by Gasteiger charge is 2.26. The predicted octanol–water partition coefficient (Wildman–Crippen LogP) is 0.701. The highest BCUT2D eigenvalue weighted by molar-refractivity contribution is 7.89. The lowest BCUT2D eigenvalue weighted by Gasteiger charge is -2.24. The van der Waals surface area contributed by atoms with Gasteiger partial charge in [0, 0.05) is 32.3 Å². The monoisotopic (exact) mass is 369 g/mol. The molecule has 0 aromatic carbocycles. The first kappa shape index (κ1) is 19.3. The number of carbonyl (C=O) groups excluding carboxylic acids is 1. The van der Waals surface area contributed by atoms with E-state index in [-0.39, 0.29) is 37.6 Å². The summed E-state index contributed by atoms with van der Waals surface area (Å²) in [6.45, 7) is 1.23. The van der Waals surface area contributed by atoms with Crippen molar-refractivity contribution in [3.05, 3.63) is 30.1 Å². The van der Waals surface area contributed by atoms with E-state index in [4.69, 9.17) is 5.11 Å². The summed E-state index contributed by atoms with van der Waals surface area (Å²) in [7, 11) is -3.41. The molecule has 0 radical (unpaired) electrons. The van der Waals surface area contributed by atoms with Crippen LogP contribution in [0, 0.1) is 0 Å². The van der Waals surface area contributed by atoms with Crippen molar-refractivity contribution in [2.45, 2.75) is 32.2 Å². The fraction of sp³-hybridized carbons (Fsp3) is 0.562. The van der Waals surface area contributed by atoms with E-state index in [1.807, 2.05) is 0 Å². The van der Waals surface area contributed by atoms with E-state index >= 15 is 0 Å². The lowest BCUT2D eigenvalue weighted by molar-refractivity contribution is -0.141. The Hall–Kier alpha value is -2.00. The first-order valence-electron chi connectivity index (χ1n) is 8.26. The summed E-state index contributed by atoms with van der Waals surface area (Å²) in [5.41, 5.74) is 0.629. The summed E-state index contributed by atoms with van der Waals surface area (Å²) in [4.78, 5) is 28.5. The van der Waals surface area contributed by atoms with Crippen molar-refractivity contribution in [3.8, 4) is 0 Å². The Kier molecular flexibility index (Phi) is 6.89. The number of sulfonamides is 1. The molecule has 1 fully saturated rings. The molecule has 0 saturated carbocycles. The number of carboxylic acids is 1. The van der Waals surface area contributed by atoms with Gasteiger partial charge in [-0.15, -0.1) is 0 Å². The zero-order valence-electron chi connectivity index (χ0n) is 14.0. The molecule has 1 amide bonds. The van der Waals surface area contributed by atoms with Gasteiger partial charge in [0.2, 0.25) is 15.9 Å². The zero-order chi connectivity index (χ0) is 18.3. The number of carbonyl (C=O) groups is 2. The van der Waals surface area contributed by atoms with Gasteiger partial charge in [0.05, 0.1) is 24.4 Å². The van der Waals surface area contributed by atoms with Crippen LogP contribution in [0.5, 0.6) is 0 Å². The van der Waals surface area contributed by atoms with Gasteiger partial charge < -0.3 is 10.0 Å². The molecule has 0 aliphatic carbocycles. The summed E-state index contributed by atoms with van der Waals surface area (Å²) < 4.78 is 26.2. The minimum absolute atomic E-state index is 0.0217. The molecule has 2 heterocycles. The second-order valence-corrected chi connectivity index (χ2v) is 8.04. The Balaban J connectivity index is 2.02. The van der Waals surface area contributed by atoms with Crippen molar-refractivity contribution in [1.29, 1.82) is 0 Å². The highest BCUT2D eigenvalue weighted by Crippen LogP contribution is 2.14. The number of nitrogens with zero attached hydrogens (tertiary/aromatic N) is 3. The summed E-state index contributed by atoms with van der Waals surface area (Å²) in [5, 5.41) is 8.75. The number of aromatic nitrogens is 1. The molecule has 1 N–H and O–H groups in total. The normalized spacial score (nSPS) is 15.2. The number of aliphatic carboxylic acids is 1. The Morgan fingerprint density at radius 2 is 1.92 bits per heavy atom. The molecule has 8 nitrogen and oxygen atoms in total. The van der Waals surface area contributed by atoms with Crippen LogP contribution in [0.1, 0.15) is 31.4 Å². The molecule has 0 atom stereocenters. The molecule has 0 bridgehead atoms. The lowest BCUT2D eigenvalue weighted by atomic mass is 10.2. The number of hydrogen-bond donors (Lipinski definition) is 1. The smallest absolute Gasteiger partial charge is 0.303 e. The van der Waals surface area contributed by atoms with Crippen LogP contribution < -0.4 is 0 Å². The fourth-order valence-electron chi connectivity index (χ4n) is 2.67. The van der Waals surface area contributed by atoms with Gasteiger partial charge in [-0.2, -0.15) is 0 Å². The van der Waals surface area contributed by atoms with Crippen molar-refractivity contribution in [2.24, 2.45) is 0 Å². The maximum absolute atomic E-state index is 12.4. The zero-order valence-corrected chi connectivity index (χ0v) is 14.8. The Labute approximate surface area is 147 Å². The van der Waals surface area contributed by atoms with Crippen LogP contribution in [0.15, 0.2) is 24.4 Å². The van der Waals surface area contributed by atoms with Crippen LogP contribution in [0.4, 0.5) is 0 Å². The molecule has 0 spiro atoms. The molecule has 0 unspecified atom stereocenters. The third-order valence-electron chi connectivity index (χ3n) is 4.06. The van der Waals surface area contributed by atoms with Gasteiger partial charge in [0.1, 0.15) is 0 Å². The number of amides is 1. The molecule has 1 saturated heterocycles. The Bertz CT molecular complexity index is 687. The molecule has 2 rings (SSSR count). The maximum atomic E-state index is 12.4. The second kappa shape index (κ2) is 8.91. The van der Waals surface area contributed by atoms with E-state index in [9.17, 15) is 18.0 Å². The van der Waals surface area contributed by atoms with E-state index in [1.165, 1.54) is 9.21 Å². The minimum atomic E-state index is -3.41. The van der Waals surface area contributed by atoms with E-state index in [0.29, 0.717) is 18.8 Å². The molecular formula is C16H23N3O5S. The minimum Gasteiger partial charge on any atom is -0.481 e. The first-order chi connectivity index (χ1) is 11.9. The van der Waals surface area contributed by atoms with Crippen LogP contribution >= 0.6 is 0 Å². The lowest BCUT2D eigenvalue weighted by Crippen LogP contribution is -2.39. The average Bonchev–Trinajstić information content (AvgIpc) is 3.13. The molecular weight excluding hydrogens is 346 g/mol. The third kappa shape index (κ3) is 6.09. The second-order valence-electron chi connectivity index (χ2n) is 5.95. The molecule has 1 aromatic rings. The number of hydrogen-bond acceptors (Lipinski definition) is 5. The molecule has 1 aromatic heterocycles. The number of carboxylic acid groups (broad SMARTS) is 1. The Morgan fingerprint density at radius 1 is 1.20 bits per heavy atom. The molecule has 25 heavy (non-hydrogen) atoms. The predicted molar refractivity (Wildman–Crippen MR) is 91.1 cm³/mol. The van der Waals surface area contributed by atoms with E-state index in [1.54, 1.807) is 24.4 Å². The molecule has 138 valence electrons. The van der Waals surface area contributed by atoms with Crippen LogP contribution in [-0.4, -0.2) is 65.0 Å². The van der Waals surface area contributed by atoms with Crippen LogP contribution in [0.25, 0.3) is 0 Å². The van der Waals surface area contributed by atoms with Gasteiger partial charge in [0.25, 0.3) is 0 Å². The van der Waals surface area contributed by atoms with Gasteiger partial charge in [0.15, 0.2) is 0 Å². The summed E-state index contributed by atoms with van der Waals surface area (Å²) in [5.74, 6) is -1.61. The molecule has 1 aliphatic heterocycles. The van der Waals surface area contributed by atoms with Crippen LogP contribution in [0.3, 0.4) is 0 Å².